The van der Waals surface area contributed by atoms with Crippen molar-refractivity contribution < 1.29 is 29.5 Å². The molecule has 0 saturated carbocycles. The van der Waals surface area contributed by atoms with E-state index < -0.39 is 23.4 Å². The number of nitrogens with zero attached hydrogens (tertiary/aromatic N) is 1. The quantitative estimate of drug-likeness (QED) is 0.349. The fourth-order valence-electron chi connectivity index (χ4n) is 1.96. The van der Waals surface area contributed by atoms with Crippen LogP contribution in [0.2, 0.25) is 0 Å². The molecule has 23 heavy (non-hydrogen) atoms. The SMILES string of the molecule is C=[N+](C(=O)C(O)=C(O)c1ccccc1)c1ccccc1C(=O)O. The molecule has 0 aliphatic carbocycles. The van der Waals surface area contributed by atoms with Gasteiger partial charge in [-0.05, 0) is 6.07 Å². The van der Waals surface area contributed by atoms with E-state index in [1.54, 1.807) is 18.2 Å². The third-order valence-corrected chi connectivity index (χ3v) is 3.14. The third-order valence-electron chi connectivity index (χ3n) is 3.14. The molecule has 0 bridgehead atoms. The summed E-state index contributed by atoms with van der Waals surface area (Å²) >= 11 is 0. The second kappa shape index (κ2) is 6.57. The van der Waals surface area contributed by atoms with Crippen LogP contribution in [-0.4, -0.2) is 38.5 Å². The number of carbonyl (C=O) groups excluding carboxylic acids is 1. The van der Waals surface area contributed by atoms with Crippen molar-refractivity contribution in [2.75, 3.05) is 0 Å². The molecule has 0 saturated heterocycles. The van der Waals surface area contributed by atoms with Crippen LogP contribution in [0.5, 0.6) is 0 Å². The third kappa shape index (κ3) is 3.26. The van der Waals surface area contributed by atoms with Crippen LogP contribution in [-0.2, 0) is 4.79 Å². The molecule has 2 rings (SSSR count). The molecule has 0 atom stereocenters. The molecule has 3 N–H and O–H groups in total. The minimum absolute atomic E-state index is 0.00240. The van der Waals surface area contributed by atoms with Crippen molar-refractivity contribution in [1.29, 1.82) is 0 Å². The highest BCUT2D eigenvalue weighted by molar-refractivity contribution is 5.97. The van der Waals surface area contributed by atoms with E-state index in [0.29, 0.717) is 0 Å². The van der Waals surface area contributed by atoms with Crippen LogP contribution in [0, 0.1) is 0 Å². The molecule has 1 amide bonds. The number of aliphatic hydroxyl groups excluding tert-OH is 2. The second-order valence-electron chi connectivity index (χ2n) is 4.62. The second-order valence-corrected chi connectivity index (χ2v) is 4.62. The first-order valence-corrected chi connectivity index (χ1v) is 6.58. The zero-order valence-electron chi connectivity index (χ0n) is 12.0. The van der Waals surface area contributed by atoms with Crippen LogP contribution in [0.25, 0.3) is 5.76 Å². The van der Waals surface area contributed by atoms with Gasteiger partial charge in [0.05, 0.1) is 0 Å². The molecule has 0 unspecified atom stereocenters. The lowest BCUT2D eigenvalue weighted by Crippen LogP contribution is -2.19. The van der Waals surface area contributed by atoms with E-state index in [1.807, 2.05) is 0 Å². The molecule has 0 aliphatic rings. The minimum Gasteiger partial charge on any atom is -0.504 e. The van der Waals surface area contributed by atoms with Gasteiger partial charge in [-0.1, -0.05) is 42.5 Å². The summed E-state index contributed by atoms with van der Waals surface area (Å²) in [7, 11) is 0. The largest absolute Gasteiger partial charge is 0.504 e. The van der Waals surface area contributed by atoms with Gasteiger partial charge in [-0.2, -0.15) is 0 Å². The summed E-state index contributed by atoms with van der Waals surface area (Å²) in [5.41, 5.74) is 0.0959. The smallest absolute Gasteiger partial charge is 0.463 e. The Morgan fingerprint density at radius 2 is 1.43 bits per heavy atom. The van der Waals surface area contributed by atoms with Crippen LogP contribution in [0.4, 0.5) is 5.69 Å². The molecule has 2 aromatic carbocycles. The fraction of sp³-hybridized carbons (Fsp3) is 0. The highest BCUT2D eigenvalue weighted by Crippen LogP contribution is 2.21. The van der Waals surface area contributed by atoms with E-state index in [2.05, 4.69) is 6.72 Å². The molecule has 2 aromatic rings. The van der Waals surface area contributed by atoms with Gasteiger partial charge in [0.15, 0.2) is 5.76 Å². The van der Waals surface area contributed by atoms with Gasteiger partial charge in [-0.15, -0.1) is 4.58 Å². The van der Waals surface area contributed by atoms with Crippen LogP contribution in [0.3, 0.4) is 0 Å². The molecule has 6 heteroatoms. The monoisotopic (exact) mass is 312 g/mol. The predicted molar refractivity (Wildman–Crippen MR) is 84.1 cm³/mol. The van der Waals surface area contributed by atoms with Gasteiger partial charge in [-0.25, -0.2) is 9.59 Å². The maximum atomic E-state index is 12.2. The standard InChI is InChI=1S/C17H13NO5/c1-18(13-10-6-5-9-12(13)17(22)23)16(21)15(20)14(19)11-7-3-2-4-8-11/h2-10H,1H2,(H2-,19,20,21,22,23)/p+1. The number of amides is 1. The molecule has 0 aliphatic heterocycles. The first-order valence-electron chi connectivity index (χ1n) is 6.58. The zero-order valence-corrected chi connectivity index (χ0v) is 12.0. The van der Waals surface area contributed by atoms with Crippen molar-refractivity contribution in [2.45, 2.75) is 0 Å². The van der Waals surface area contributed by atoms with Gasteiger partial charge >= 0.3 is 11.9 Å². The summed E-state index contributed by atoms with van der Waals surface area (Å²) < 4.78 is 0.720. The van der Waals surface area contributed by atoms with Gasteiger partial charge in [0.2, 0.25) is 5.69 Å². The number of carbonyl (C=O) groups is 2. The Bertz CT molecular complexity index is 809. The average Bonchev–Trinajstić information content (AvgIpc) is 2.59. The lowest BCUT2D eigenvalue weighted by molar-refractivity contribution is -0.356. The van der Waals surface area contributed by atoms with Crippen LogP contribution in [0.1, 0.15) is 15.9 Å². The summed E-state index contributed by atoms with van der Waals surface area (Å²) in [5, 5.41) is 29.1. The molecule has 116 valence electrons. The lowest BCUT2D eigenvalue weighted by atomic mass is 10.1. The van der Waals surface area contributed by atoms with E-state index in [0.717, 1.165) is 4.58 Å². The number of rotatable bonds is 4. The average molecular weight is 312 g/mol. The predicted octanol–water partition coefficient (Wildman–Crippen LogP) is 2.74. The molecule has 0 aromatic heterocycles. The van der Waals surface area contributed by atoms with Crippen LogP contribution >= 0.6 is 0 Å². The Hall–Kier alpha value is -3.41. The number of benzene rings is 2. The Balaban J connectivity index is 2.41. The summed E-state index contributed by atoms with van der Waals surface area (Å²) in [6, 6.07) is 13.7. The first-order chi connectivity index (χ1) is 10.9. The summed E-state index contributed by atoms with van der Waals surface area (Å²) in [5.74, 6) is -3.80. The number of hydrogen-bond donors (Lipinski definition) is 3. The summed E-state index contributed by atoms with van der Waals surface area (Å²) in [6.45, 7) is 3.46. The number of carboxylic acids is 1. The van der Waals surface area contributed by atoms with Crippen LogP contribution in [0.15, 0.2) is 60.4 Å². The summed E-state index contributed by atoms with van der Waals surface area (Å²) in [4.78, 5) is 23.4. The van der Waals surface area contributed by atoms with Gasteiger partial charge in [0.25, 0.3) is 5.76 Å². The highest BCUT2D eigenvalue weighted by Gasteiger charge is 2.30. The lowest BCUT2D eigenvalue weighted by Gasteiger charge is -2.04. The van der Waals surface area contributed by atoms with Crippen molar-refractivity contribution in [1.82, 2.24) is 0 Å². The number of carboxylic acid groups (broad SMARTS) is 1. The molecule has 0 radical (unpaired) electrons. The van der Waals surface area contributed by atoms with Crippen molar-refractivity contribution in [2.24, 2.45) is 0 Å². The van der Waals surface area contributed by atoms with E-state index in [1.165, 1.54) is 36.4 Å². The Morgan fingerprint density at radius 3 is 2.04 bits per heavy atom. The number of hydrogen-bond acceptors (Lipinski definition) is 4. The summed E-state index contributed by atoms with van der Waals surface area (Å²) in [6.07, 6.45) is 0. The van der Waals surface area contributed by atoms with Crippen molar-refractivity contribution >= 4 is 30.0 Å². The molecule has 6 nitrogen and oxygen atoms in total. The fourth-order valence-corrected chi connectivity index (χ4v) is 1.96. The highest BCUT2D eigenvalue weighted by atomic mass is 16.4. The molecule has 0 fully saturated rings. The molecular weight excluding hydrogens is 298 g/mol. The first kappa shape index (κ1) is 16.0. The van der Waals surface area contributed by atoms with Crippen molar-refractivity contribution in [3.8, 4) is 0 Å². The maximum Gasteiger partial charge on any atom is 0.463 e. The van der Waals surface area contributed by atoms with Gasteiger partial charge < -0.3 is 15.3 Å². The van der Waals surface area contributed by atoms with Crippen LogP contribution < -0.4 is 0 Å². The van der Waals surface area contributed by atoms with E-state index >= 15 is 0 Å². The van der Waals surface area contributed by atoms with Crippen molar-refractivity contribution in [3.63, 3.8) is 0 Å². The van der Waals surface area contributed by atoms with Gasteiger partial charge in [-0.3, -0.25) is 0 Å². The molecule has 0 spiro atoms. The Kier molecular flexibility index (Phi) is 4.56. The normalized spacial score (nSPS) is 11.5. The van der Waals surface area contributed by atoms with E-state index in [9.17, 15) is 19.8 Å². The van der Waals surface area contributed by atoms with E-state index in [-0.39, 0.29) is 16.8 Å². The van der Waals surface area contributed by atoms with Crippen molar-refractivity contribution in [3.05, 3.63) is 71.5 Å². The number of aromatic carboxylic acids is 1. The molecule has 0 heterocycles. The topological polar surface area (TPSA) is 97.8 Å². The maximum absolute atomic E-state index is 12.2. The Labute approximate surface area is 131 Å². The zero-order chi connectivity index (χ0) is 17.0. The number of aliphatic hydroxyl groups is 2. The minimum atomic E-state index is -1.24. The van der Waals surface area contributed by atoms with Gasteiger partial charge in [0, 0.05) is 11.6 Å². The molecular formula is C17H14NO5+. The van der Waals surface area contributed by atoms with E-state index in [4.69, 9.17) is 5.11 Å². The van der Waals surface area contributed by atoms with Gasteiger partial charge in [0.1, 0.15) is 12.3 Å². The number of para-hydroxylation sites is 1. The Morgan fingerprint density at radius 1 is 0.870 bits per heavy atom.